The van der Waals surface area contributed by atoms with Gasteiger partial charge in [0.05, 0.1) is 0 Å². The van der Waals surface area contributed by atoms with Crippen LogP contribution in [-0.4, -0.2) is 36.5 Å². The van der Waals surface area contributed by atoms with Crippen LogP contribution in [0.3, 0.4) is 0 Å². The minimum absolute atomic E-state index is 0.0778. The number of amides is 1. The van der Waals surface area contributed by atoms with E-state index in [1.165, 1.54) is 5.57 Å². The van der Waals surface area contributed by atoms with Crippen molar-refractivity contribution in [3.8, 4) is 5.75 Å². The second-order valence-corrected chi connectivity index (χ2v) is 7.42. The molecule has 2 aromatic rings. The lowest BCUT2D eigenvalue weighted by atomic mass is 10.1. The number of likely N-dealkylation sites (tertiary alicyclic amines) is 1. The van der Waals surface area contributed by atoms with Gasteiger partial charge in [0.25, 0.3) is 5.91 Å². The number of hydrogen-bond donors (Lipinski definition) is 1. The number of carbonyl (C=O) groups is 1. The Kier molecular flexibility index (Phi) is 7.26. The molecule has 1 saturated heterocycles. The van der Waals surface area contributed by atoms with Crippen molar-refractivity contribution < 1.29 is 9.53 Å². The molecule has 0 spiro atoms. The summed E-state index contributed by atoms with van der Waals surface area (Å²) in [5.41, 5.74) is 3.13. The van der Waals surface area contributed by atoms with E-state index >= 15 is 0 Å². The lowest BCUT2D eigenvalue weighted by Gasteiger charge is -2.32. The third kappa shape index (κ3) is 5.96. The van der Waals surface area contributed by atoms with Crippen molar-refractivity contribution in [2.45, 2.75) is 39.3 Å². The van der Waals surface area contributed by atoms with Crippen molar-refractivity contribution in [1.82, 2.24) is 10.2 Å². The van der Waals surface area contributed by atoms with E-state index in [-0.39, 0.29) is 12.0 Å². The Hall–Kier alpha value is -2.59. The Labute approximate surface area is 168 Å². The topological polar surface area (TPSA) is 41.6 Å². The molecule has 1 amide bonds. The number of hydrogen-bond acceptors (Lipinski definition) is 3. The van der Waals surface area contributed by atoms with Crippen molar-refractivity contribution >= 4 is 5.91 Å². The number of benzene rings is 2. The normalized spacial score (nSPS) is 16.0. The maximum Gasteiger partial charge on any atom is 0.251 e. The summed E-state index contributed by atoms with van der Waals surface area (Å²) in [7, 11) is 0. The molecule has 0 radical (unpaired) electrons. The number of piperidine rings is 1. The number of carbonyl (C=O) groups excluding carboxylic acids is 1. The smallest absolute Gasteiger partial charge is 0.251 e. The lowest BCUT2D eigenvalue weighted by Crippen LogP contribution is -2.39. The summed E-state index contributed by atoms with van der Waals surface area (Å²) in [4.78, 5) is 14.9. The van der Waals surface area contributed by atoms with Gasteiger partial charge in [0.2, 0.25) is 0 Å². The first kappa shape index (κ1) is 20.2. The van der Waals surface area contributed by atoms with E-state index in [4.69, 9.17) is 4.74 Å². The number of rotatable bonds is 7. The Bertz CT molecular complexity index is 793. The Morgan fingerprint density at radius 2 is 1.89 bits per heavy atom. The minimum atomic E-state index is -0.0778. The van der Waals surface area contributed by atoms with Crippen LogP contribution < -0.4 is 10.1 Å². The molecule has 1 aliphatic heterocycles. The molecule has 4 nitrogen and oxygen atoms in total. The predicted octanol–water partition coefficient (Wildman–Crippen LogP) is 4.43. The van der Waals surface area contributed by atoms with Crippen LogP contribution in [0.1, 0.15) is 42.6 Å². The molecule has 2 aromatic carbocycles. The first-order valence-electron chi connectivity index (χ1n) is 10.1. The van der Waals surface area contributed by atoms with Crippen LogP contribution in [0.25, 0.3) is 0 Å². The van der Waals surface area contributed by atoms with Crippen LogP contribution in [-0.2, 0) is 6.54 Å². The molecule has 0 saturated carbocycles. The average Bonchev–Trinajstić information content (AvgIpc) is 2.74. The van der Waals surface area contributed by atoms with Crippen LogP contribution >= 0.6 is 0 Å². The number of nitrogens with one attached hydrogen (secondary N) is 1. The maximum absolute atomic E-state index is 12.5. The second-order valence-electron chi connectivity index (χ2n) is 7.42. The van der Waals surface area contributed by atoms with Gasteiger partial charge in [-0.1, -0.05) is 48.0 Å². The van der Waals surface area contributed by atoms with E-state index < -0.39 is 0 Å². The molecule has 1 N–H and O–H groups in total. The highest BCUT2D eigenvalue weighted by Crippen LogP contribution is 2.21. The van der Waals surface area contributed by atoms with Crippen molar-refractivity contribution in [2.24, 2.45) is 0 Å². The van der Waals surface area contributed by atoms with Crippen LogP contribution in [0, 0.1) is 0 Å². The number of ether oxygens (including phenoxy) is 1. The number of allylic oxidation sites excluding steroid dienone is 1. The van der Waals surface area contributed by atoms with Gasteiger partial charge in [-0.25, -0.2) is 0 Å². The molecule has 1 fully saturated rings. The van der Waals surface area contributed by atoms with Gasteiger partial charge in [-0.15, -0.1) is 0 Å². The first-order chi connectivity index (χ1) is 13.6. The Balaban J connectivity index is 1.50. The van der Waals surface area contributed by atoms with Crippen molar-refractivity contribution in [1.29, 1.82) is 0 Å². The zero-order valence-electron chi connectivity index (χ0n) is 16.9. The summed E-state index contributed by atoms with van der Waals surface area (Å²) in [5.74, 6) is 0.696. The summed E-state index contributed by atoms with van der Waals surface area (Å²) in [6, 6.07) is 17.4. The molecule has 4 heteroatoms. The zero-order valence-corrected chi connectivity index (χ0v) is 16.9. The summed E-state index contributed by atoms with van der Waals surface area (Å²) in [6.45, 7) is 7.93. The fraction of sp³-hybridized carbons (Fsp3) is 0.375. The summed E-state index contributed by atoms with van der Waals surface area (Å²) in [5, 5.41) is 2.97. The van der Waals surface area contributed by atoms with Crippen LogP contribution in [0.2, 0.25) is 0 Å². The van der Waals surface area contributed by atoms with Gasteiger partial charge in [-0.3, -0.25) is 9.69 Å². The largest absolute Gasteiger partial charge is 0.490 e. The molecule has 0 aliphatic carbocycles. The summed E-state index contributed by atoms with van der Waals surface area (Å²) >= 11 is 0. The van der Waals surface area contributed by atoms with Gasteiger partial charge in [0.1, 0.15) is 11.9 Å². The zero-order chi connectivity index (χ0) is 19.8. The van der Waals surface area contributed by atoms with Gasteiger partial charge >= 0.3 is 0 Å². The molecule has 1 heterocycles. The molecule has 3 rings (SSSR count). The van der Waals surface area contributed by atoms with Crippen LogP contribution in [0.15, 0.2) is 66.2 Å². The standard InChI is InChI=1S/C24H30N2O2/c1-3-19(2)18-26-14-12-22(13-15-26)28-23-11-7-10-21(16-23)24(27)25-17-20-8-5-4-6-9-20/h3-11,16,22H,12-15,17-18H2,1-2H3,(H,25,27)/b19-3+. The van der Waals surface area contributed by atoms with Crippen molar-refractivity contribution in [2.75, 3.05) is 19.6 Å². The van der Waals surface area contributed by atoms with Crippen molar-refractivity contribution in [3.63, 3.8) is 0 Å². The van der Waals surface area contributed by atoms with Gasteiger partial charge < -0.3 is 10.1 Å². The first-order valence-corrected chi connectivity index (χ1v) is 10.1. The Morgan fingerprint density at radius 1 is 1.14 bits per heavy atom. The predicted molar refractivity (Wildman–Crippen MR) is 114 cm³/mol. The van der Waals surface area contributed by atoms with E-state index in [1.807, 2.05) is 54.6 Å². The molecule has 1 aliphatic rings. The molecular formula is C24H30N2O2. The van der Waals surface area contributed by atoms with Crippen molar-refractivity contribution in [3.05, 3.63) is 77.4 Å². The lowest BCUT2D eigenvalue weighted by molar-refractivity contribution is 0.0945. The molecule has 0 aromatic heterocycles. The van der Waals surface area contributed by atoms with Gasteiger partial charge in [0.15, 0.2) is 0 Å². The third-order valence-corrected chi connectivity index (χ3v) is 5.20. The molecule has 28 heavy (non-hydrogen) atoms. The molecule has 0 atom stereocenters. The third-order valence-electron chi connectivity index (χ3n) is 5.20. The minimum Gasteiger partial charge on any atom is -0.490 e. The monoisotopic (exact) mass is 378 g/mol. The average molecular weight is 379 g/mol. The van der Waals surface area contributed by atoms with Crippen LogP contribution in [0.4, 0.5) is 0 Å². The van der Waals surface area contributed by atoms with E-state index in [1.54, 1.807) is 0 Å². The SMILES string of the molecule is C/C=C(\C)CN1CCC(Oc2cccc(C(=O)NCc3ccccc3)c2)CC1. The summed E-state index contributed by atoms with van der Waals surface area (Å²) < 4.78 is 6.17. The van der Waals surface area contributed by atoms with E-state index in [9.17, 15) is 4.79 Å². The number of nitrogens with zero attached hydrogens (tertiary/aromatic N) is 1. The van der Waals surface area contributed by atoms with E-state index in [0.29, 0.717) is 12.1 Å². The highest BCUT2D eigenvalue weighted by atomic mass is 16.5. The Morgan fingerprint density at radius 3 is 2.61 bits per heavy atom. The summed E-state index contributed by atoms with van der Waals surface area (Å²) in [6.07, 6.45) is 4.42. The molecular weight excluding hydrogens is 348 g/mol. The highest BCUT2D eigenvalue weighted by Gasteiger charge is 2.20. The van der Waals surface area contributed by atoms with Gasteiger partial charge in [-0.05, 0) is 50.5 Å². The molecule has 148 valence electrons. The van der Waals surface area contributed by atoms with Gasteiger partial charge in [0, 0.05) is 31.7 Å². The second kappa shape index (κ2) is 10.1. The van der Waals surface area contributed by atoms with Crippen LogP contribution in [0.5, 0.6) is 5.75 Å². The highest BCUT2D eigenvalue weighted by molar-refractivity contribution is 5.94. The fourth-order valence-corrected chi connectivity index (χ4v) is 3.41. The van der Waals surface area contributed by atoms with Gasteiger partial charge in [-0.2, -0.15) is 0 Å². The quantitative estimate of drug-likeness (QED) is 0.725. The molecule has 0 bridgehead atoms. The fourth-order valence-electron chi connectivity index (χ4n) is 3.41. The van der Waals surface area contributed by atoms with E-state index in [2.05, 4.69) is 30.1 Å². The molecule has 0 unspecified atom stereocenters. The maximum atomic E-state index is 12.5. The van der Waals surface area contributed by atoms with E-state index in [0.717, 1.165) is 43.8 Å².